The zero-order valence-corrected chi connectivity index (χ0v) is 17.5. The molecule has 5 rings (SSSR count). The van der Waals surface area contributed by atoms with E-state index < -0.39 is 6.09 Å². The van der Waals surface area contributed by atoms with Crippen LogP contribution in [-0.4, -0.2) is 42.4 Å². The number of carbonyl (C=O) groups is 1. The van der Waals surface area contributed by atoms with Crippen LogP contribution in [0.4, 0.5) is 16.3 Å². The number of fused-ring (bicyclic) bond motifs is 1. The van der Waals surface area contributed by atoms with Crippen LogP contribution in [0.3, 0.4) is 0 Å². The highest BCUT2D eigenvalue weighted by atomic mass is 32.1. The van der Waals surface area contributed by atoms with Crippen LogP contribution < -0.4 is 15.0 Å². The van der Waals surface area contributed by atoms with Gasteiger partial charge in [-0.15, -0.1) is 11.3 Å². The van der Waals surface area contributed by atoms with Gasteiger partial charge in [0.1, 0.15) is 5.75 Å². The number of benzene rings is 2. The van der Waals surface area contributed by atoms with Gasteiger partial charge in [0.05, 0.1) is 29.1 Å². The molecule has 2 aromatic carbocycles. The van der Waals surface area contributed by atoms with Crippen molar-refractivity contribution < 1.29 is 14.3 Å². The van der Waals surface area contributed by atoms with E-state index >= 15 is 0 Å². The SMILES string of the molecule is O=C(Nc1ccccc1-c1nc(N2CCOCC2)c2sccc2n1)Oc1ccccc1. The van der Waals surface area contributed by atoms with E-state index in [4.69, 9.17) is 19.4 Å². The van der Waals surface area contributed by atoms with Gasteiger partial charge in [-0.3, -0.25) is 5.32 Å². The van der Waals surface area contributed by atoms with E-state index in [-0.39, 0.29) is 0 Å². The summed E-state index contributed by atoms with van der Waals surface area (Å²) in [7, 11) is 0. The summed E-state index contributed by atoms with van der Waals surface area (Å²) in [6.45, 7) is 2.92. The first-order chi connectivity index (χ1) is 15.3. The van der Waals surface area contributed by atoms with Gasteiger partial charge in [0.2, 0.25) is 0 Å². The highest BCUT2D eigenvalue weighted by molar-refractivity contribution is 7.17. The molecule has 1 fully saturated rings. The summed E-state index contributed by atoms with van der Waals surface area (Å²) in [6.07, 6.45) is -0.566. The van der Waals surface area contributed by atoms with Crippen LogP contribution in [0.5, 0.6) is 5.75 Å². The molecule has 0 bridgehead atoms. The van der Waals surface area contributed by atoms with Crippen molar-refractivity contribution in [2.24, 2.45) is 0 Å². The molecule has 1 amide bonds. The lowest BCUT2D eigenvalue weighted by Gasteiger charge is -2.28. The molecule has 1 N–H and O–H groups in total. The molecule has 156 valence electrons. The fourth-order valence-corrected chi connectivity index (χ4v) is 4.32. The number of ether oxygens (including phenoxy) is 2. The van der Waals surface area contributed by atoms with Gasteiger partial charge < -0.3 is 14.4 Å². The topological polar surface area (TPSA) is 76.6 Å². The molecule has 0 saturated carbocycles. The minimum absolute atomic E-state index is 0.475. The molecule has 0 spiro atoms. The zero-order chi connectivity index (χ0) is 21.0. The summed E-state index contributed by atoms with van der Waals surface area (Å²) in [5.74, 6) is 1.94. The first kappa shape index (κ1) is 19.5. The molecule has 0 unspecified atom stereocenters. The lowest BCUT2D eigenvalue weighted by atomic mass is 10.1. The summed E-state index contributed by atoms with van der Waals surface area (Å²) in [4.78, 5) is 24.3. The van der Waals surface area contributed by atoms with Crippen molar-refractivity contribution in [2.45, 2.75) is 0 Å². The number of hydrogen-bond acceptors (Lipinski definition) is 7. The van der Waals surface area contributed by atoms with E-state index in [0.29, 0.717) is 30.5 Å². The van der Waals surface area contributed by atoms with Crippen LogP contribution >= 0.6 is 11.3 Å². The third kappa shape index (κ3) is 4.21. The molecule has 4 aromatic rings. The second-order valence-electron chi connectivity index (χ2n) is 6.98. The second-order valence-corrected chi connectivity index (χ2v) is 7.89. The minimum Gasteiger partial charge on any atom is -0.410 e. The van der Waals surface area contributed by atoms with Crippen molar-refractivity contribution in [1.29, 1.82) is 0 Å². The van der Waals surface area contributed by atoms with E-state index in [9.17, 15) is 4.79 Å². The number of amides is 1. The molecule has 1 aliphatic rings. The Kier molecular flexibility index (Phi) is 5.47. The number of carbonyl (C=O) groups excluding carboxylic acids is 1. The smallest absolute Gasteiger partial charge is 0.410 e. The fraction of sp³-hybridized carbons (Fsp3) is 0.174. The number of rotatable bonds is 4. The summed E-state index contributed by atoms with van der Waals surface area (Å²) >= 11 is 1.63. The van der Waals surface area contributed by atoms with E-state index in [2.05, 4.69) is 10.2 Å². The Bertz CT molecular complexity index is 1210. The van der Waals surface area contributed by atoms with Gasteiger partial charge >= 0.3 is 6.09 Å². The monoisotopic (exact) mass is 432 g/mol. The maximum atomic E-state index is 12.5. The molecule has 31 heavy (non-hydrogen) atoms. The average Bonchev–Trinajstić information content (AvgIpc) is 3.29. The molecule has 8 heteroatoms. The predicted molar refractivity (Wildman–Crippen MR) is 122 cm³/mol. The van der Waals surface area contributed by atoms with Crippen molar-refractivity contribution in [3.8, 4) is 17.1 Å². The molecule has 7 nitrogen and oxygen atoms in total. The number of hydrogen-bond donors (Lipinski definition) is 1. The standard InChI is InChI=1S/C23H20N4O3S/c28-23(30-16-6-2-1-3-7-16)25-18-9-5-4-8-17(18)21-24-19-10-15-31-20(19)22(26-21)27-11-13-29-14-12-27/h1-10,15H,11-14H2,(H,25,28). The first-order valence-corrected chi connectivity index (χ1v) is 10.9. The average molecular weight is 433 g/mol. The number of anilines is 2. The molecule has 1 saturated heterocycles. The van der Waals surface area contributed by atoms with Crippen LogP contribution in [0.25, 0.3) is 21.6 Å². The van der Waals surface area contributed by atoms with Gasteiger partial charge in [0, 0.05) is 18.7 Å². The van der Waals surface area contributed by atoms with Crippen molar-refractivity contribution in [3.63, 3.8) is 0 Å². The van der Waals surface area contributed by atoms with E-state index in [1.54, 1.807) is 23.5 Å². The minimum atomic E-state index is -0.566. The number of aromatic nitrogens is 2. The van der Waals surface area contributed by atoms with Crippen molar-refractivity contribution >= 4 is 39.2 Å². The Balaban J connectivity index is 1.48. The molecular weight excluding hydrogens is 412 g/mol. The van der Waals surface area contributed by atoms with Crippen LogP contribution in [0.15, 0.2) is 66.0 Å². The summed E-state index contributed by atoms with van der Waals surface area (Å²) in [5.41, 5.74) is 2.21. The van der Waals surface area contributed by atoms with Crippen molar-refractivity contribution in [1.82, 2.24) is 9.97 Å². The Morgan fingerprint density at radius 3 is 2.61 bits per heavy atom. The second kappa shape index (κ2) is 8.71. The highest BCUT2D eigenvalue weighted by Crippen LogP contribution is 2.34. The van der Waals surface area contributed by atoms with Gasteiger partial charge in [-0.1, -0.05) is 30.3 Å². The van der Waals surface area contributed by atoms with Crippen molar-refractivity contribution in [2.75, 3.05) is 36.5 Å². The molecular formula is C23H20N4O3S. The summed E-state index contributed by atoms with van der Waals surface area (Å²) in [6, 6.07) is 18.4. The Hall–Kier alpha value is -3.49. The predicted octanol–water partition coefficient (Wildman–Crippen LogP) is 4.81. The number of nitrogens with one attached hydrogen (secondary N) is 1. The maximum Gasteiger partial charge on any atom is 0.417 e. The van der Waals surface area contributed by atoms with E-state index in [1.807, 2.05) is 53.9 Å². The number of morpholine rings is 1. The Morgan fingerprint density at radius 2 is 1.77 bits per heavy atom. The third-order valence-electron chi connectivity index (χ3n) is 4.95. The molecule has 0 radical (unpaired) electrons. The molecule has 0 atom stereocenters. The Labute approximate surface area is 183 Å². The summed E-state index contributed by atoms with van der Waals surface area (Å²) < 4.78 is 11.9. The van der Waals surface area contributed by atoms with Crippen LogP contribution in [0, 0.1) is 0 Å². The quantitative estimate of drug-likeness (QED) is 0.499. The van der Waals surface area contributed by atoms with Crippen LogP contribution in [0.1, 0.15) is 0 Å². The van der Waals surface area contributed by atoms with Gasteiger partial charge in [-0.2, -0.15) is 0 Å². The first-order valence-electron chi connectivity index (χ1n) is 9.99. The van der Waals surface area contributed by atoms with Crippen LogP contribution in [-0.2, 0) is 4.74 Å². The van der Waals surface area contributed by atoms with Crippen molar-refractivity contribution in [3.05, 3.63) is 66.0 Å². The maximum absolute atomic E-state index is 12.5. The van der Waals surface area contributed by atoms with E-state index in [0.717, 1.165) is 34.7 Å². The van der Waals surface area contributed by atoms with Gasteiger partial charge in [0.25, 0.3) is 0 Å². The molecule has 3 heterocycles. The number of thiophene rings is 1. The highest BCUT2D eigenvalue weighted by Gasteiger charge is 2.20. The number of nitrogens with zero attached hydrogens (tertiary/aromatic N) is 3. The normalized spacial score (nSPS) is 13.9. The number of para-hydroxylation sites is 2. The van der Waals surface area contributed by atoms with Crippen LogP contribution in [0.2, 0.25) is 0 Å². The lowest BCUT2D eigenvalue weighted by Crippen LogP contribution is -2.36. The molecule has 0 aliphatic carbocycles. The fourth-order valence-electron chi connectivity index (χ4n) is 3.48. The zero-order valence-electron chi connectivity index (χ0n) is 16.7. The summed E-state index contributed by atoms with van der Waals surface area (Å²) in [5, 5.41) is 4.85. The van der Waals surface area contributed by atoms with E-state index in [1.165, 1.54) is 0 Å². The Morgan fingerprint density at radius 1 is 1.00 bits per heavy atom. The van der Waals surface area contributed by atoms with Gasteiger partial charge in [-0.05, 0) is 35.7 Å². The largest absolute Gasteiger partial charge is 0.417 e. The molecule has 1 aliphatic heterocycles. The van der Waals surface area contributed by atoms with Gasteiger partial charge in [-0.25, -0.2) is 14.8 Å². The lowest BCUT2D eigenvalue weighted by molar-refractivity contribution is 0.122. The molecule has 2 aromatic heterocycles. The van der Waals surface area contributed by atoms with Gasteiger partial charge in [0.15, 0.2) is 11.6 Å². The third-order valence-corrected chi connectivity index (χ3v) is 5.85.